The van der Waals surface area contributed by atoms with Crippen LogP contribution in [0.4, 0.5) is 13.2 Å². The fraction of sp³-hybridized carbons (Fsp3) is 0.643. The molecule has 0 radical (unpaired) electrons. The Kier molecular flexibility index (Phi) is 5.01. The van der Waals surface area contributed by atoms with E-state index in [4.69, 9.17) is 11.8 Å². The second-order valence-electron chi connectivity index (χ2n) is 5.94. The van der Waals surface area contributed by atoms with Gasteiger partial charge in [0, 0.05) is 17.2 Å². The Morgan fingerprint density at radius 1 is 1.33 bits per heavy atom. The molecule has 1 rings (SSSR count). The van der Waals surface area contributed by atoms with E-state index in [0.717, 1.165) is 5.01 Å². The zero-order valence-corrected chi connectivity index (χ0v) is 12.9. The molecule has 0 fully saturated rings. The number of hydrogen-bond donors (Lipinski definition) is 0. The first kappa shape index (κ1) is 17.5. The highest BCUT2D eigenvalue weighted by Crippen LogP contribution is 2.32. The second-order valence-corrected chi connectivity index (χ2v) is 6.80. The Balaban J connectivity index is 2.92. The van der Waals surface area contributed by atoms with Crippen molar-refractivity contribution in [3.8, 4) is 6.07 Å². The Morgan fingerprint density at radius 2 is 1.95 bits per heavy atom. The average molecular weight is 315 g/mol. The van der Waals surface area contributed by atoms with Crippen LogP contribution in [0.2, 0.25) is 0 Å². The largest absolute Gasteiger partial charge is 0.389 e. The maximum atomic E-state index is 12.3. The Bertz CT molecular complexity index is 556. The van der Waals surface area contributed by atoms with E-state index in [1.54, 1.807) is 11.4 Å². The topological polar surface area (TPSA) is 41.0 Å². The van der Waals surface area contributed by atoms with Crippen molar-refractivity contribution < 1.29 is 13.2 Å². The van der Waals surface area contributed by atoms with Gasteiger partial charge in [-0.05, 0) is 0 Å². The SMILES string of the molecule is [C-]#[N+]C(C#N)(CCC(F)(F)F)Cc1csc(C(C)(C)C)n1. The summed E-state index contributed by atoms with van der Waals surface area (Å²) in [5, 5.41) is 11.7. The minimum atomic E-state index is -4.37. The highest BCUT2D eigenvalue weighted by molar-refractivity contribution is 7.09. The molecule has 0 aliphatic rings. The van der Waals surface area contributed by atoms with E-state index >= 15 is 0 Å². The smallest absolute Gasteiger partial charge is 0.294 e. The molecule has 114 valence electrons. The number of alkyl halides is 3. The lowest BCUT2D eigenvalue weighted by atomic mass is 9.90. The monoisotopic (exact) mass is 315 g/mol. The molecule has 1 aromatic rings. The van der Waals surface area contributed by atoms with Gasteiger partial charge in [-0.1, -0.05) is 20.8 Å². The Labute approximate surface area is 126 Å². The van der Waals surface area contributed by atoms with Gasteiger partial charge in [-0.2, -0.15) is 18.4 Å². The van der Waals surface area contributed by atoms with Gasteiger partial charge in [-0.25, -0.2) is 11.6 Å². The second kappa shape index (κ2) is 6.03. The number of halogens is 3. The van der Waals surface area contributed by atoms with Gasteiger partial charge >= 0.3 is 11.7 Å². The molecule has 0 amide bonds. The van der Waals surface area contributed by atoms with Crippen LogP contribution in [-0.4, -0.2) is 16.7 Å². The number of aromatic nitrogens is 1. The zero-order chi connectivity index (χ0) is 16.3. The van der Waals surface area contributed by atoms with Crippen LogP contribution < -0.4 is 0 Å². The Hall–Kier alpha value is -1.60. The number of rotatable bonds is 4. The van der Waals surface area contributed by atoms with Gasteiger partial charge in [0.15, 0.2) is 6.07 Å². The zero-order valence-electron chi connectivity index (χ0n) is 12.1. The molecule has 0 saturated carbocycles. The van der Waals surface area contributed by atoms with Crippen LogP contribution in [0.3, 0.4) is 0 Å². The molecule has 1 aromatic heterocycles. The first-order valence-electron chi connectivity index (χ1n) is 6.33. The van der Waals surface area contributed by atoms with Crippen molar-refractivity contribution in [2.24, 2.45) is 0 Å². The van der Waals surface area contributed by atoms with Crippen LogP contribution in [0.25, 0.3) is 4.85 Å². The van der Waals surface area contributed by atoms with Crippen LogP contribution in [-0.2, 0) is 11.8 Å². The first-order chi connectivity index (χ1) is 9.51. The quantitative estimate of drug-likeness (QED) is 0.767. The lowest BCUT2D eigenvalue weighted by molar-refractivity contribution is -0.136. The summed E-state index contributed by atoms with van der Waals surface area (Å²) in [6, 6.07) is 1.74. The fourth-order valence-corrected chi connectivity index (χ4v) is 2.59. The lowest BCUT2D eigenvalue weighted by Gasteiger charge is -2.15. The van der Waals surface area contributed by atoms with Gasteiger partial charge in [-0.3, -0.25) is 4.85 Å². The number of nitriles is 1. The summed E-state index contributed by atoms with van der Waals surface area (Å²) in [6.07, 6.45) is -6.11. The third-order valence-electron chi connectivity index (χ3n) is 2.91. The van der Waals surface area contributed by atoms with Gasteiger partial charge in [0.25, 0.3) is 0 Å². The van der Waals surface area contributed by atoms with Crippen LogP contribution in [0, 0.1) is 17.9 Å². The molecule has 0 spiro atoms. The molecule has 21 heavy (non-hydrogen) atoms. The molecule has 0 N–H and O–H groups in total. The molecule has 1 unspecified atom stereocenters. The third-order valence-corrected chi connectivity index (χ3v) is 4.23. The first-order valence-corrected chi connectivity index (χ1v) is 7.21. The van der Waals surface area contributed by atoms with Gasteiger partial charge in [-0.15, -0.1) is 11.3 Å². The van der Waals surface area contributed by atoms with E-state index in [9.17, 15) is 13.2 Å². The molecule has 0 aromatic carbocycles. The third kappa shape index (κ3) is 5.02. The molecule has 1 atom stereocenters. The standard InChI is InChI=1S/C14H16F3N3S/c1-12(2,3)11-20-10(8-21-11)7-13(9-18,19-4)5-6-14(15,16)17/h8H,5-7H2,1-3H3. The highest BCUT2D eigenvalue weighted by Gasteiger charge is 2.42. The predicted molar refractivity (Wildman–Crippen MR) is 74.8 cm³/mol. The van der Waals surface area contributed by atoms with Crippen LogP contribution in [0.1, 0.15) is 44.3 Å². The lowest BCUT2D eigenvalue weighted by Crippen LogP contribution is -2.28. The summed E-state index contributed by atoms with van der Waals surface area (Å²) in [5.74, 6) is 0. The van der Waals surface area contributed by atoms with Crippen molar-refractivity contribution in [3.63, 3.8) is 0 Å². The van der Waals surface area contributed by atoms with E-state index < -0.39 is 24.6 Å². The molecule has 0 saturated heterocycles. The summed E-state index contributed by atoms with van der Waals surface area (Å²) < 4.78 is 37.0. The maximum Gasteiger partial charge on any atom is 0.389 e. The minimum absolute atomic E-state index is 0.0737. The van der Waals surface area contributed by atoms with Crippen molar-refractivity contribution in [1.82, 2.24) is 4.98 Å². The van der Waals surface area contributed by atoms with Crippen molar-refractivity contribution in [2.45, 2.75) is 57.2 Å². The van der Waals surface area contributed by atoms with Crippen LogP contribution in [0.15, 0.2) is 5.38 Å². The summed E-state index contributed by atoms with van der Waals surface area (Å²) in [6.45, 7) is 13.0. The van der Waals surface area contributed by atoms with Gasteiger partial charge in [0.05, 0.1) is 23.5 Å². The number of hydrogen-bond acceptors (Lipinski definition) is 3. The predicted octanol–water partition coefficient (Wildman–Crippen LogP) is 4.51. The molecule has 0 bridgehead atoms. The van der Waals surface area contributed by atoms with E-state index in [0.29, 0.717) is 5.69 Å². The molecule has 3 nitrogen and oxygen atoms in total. The molecular formula is C14H16F3N3S. The van der Waals surface area contributed by atoms with E-state index in [1.807, 2.05) is 20.8 Å². The van der Waals surface area contributed by atoms with E-state index in [2.05, 4.69) is 9.83 Å². The normalized spacial score (nSPS) is 15.0. The molecular weight excluding hydrogens is 299 g/mol. The highest BCUT2D eigenvalue weighted by atomic mass is 32.1. The van der Waals surface area contributed by atoms with Crippen LogP contribution in [0.5, 0.6) is 0 Å². The summed E-state index contributed by atoms with van der Waals surface area (Å²) in [5.41, 5.74) is -1.36. The summed E-state index contributed by atoms with van der Waals surface area (Å²) in [4.78, 5) is 7.51. The molecule has 0 aliphatic carbocycles. The van der Waals surface area contributed by atoms with E-state index in [1.165, 1.54) is 11.3 Å². The van der Waals surface area contributed by atoms with Gasteiger partial charge < -0.3 is 0 Å². The summed E-state index contributed by atoms with van der Waals surface area (Å²) >= 11 is 1.40. The van der Waals surface area contributed by atoms with E-state index in [-0.39, 0.29) is 11.8 Å². The van der Waals surface area contributed by atoms with Crippen molar-refractivity contribution in [1.29, 1.82) is 5.26 Å². The van der Waals surface area contributed by atoms with Gasteiger partial charge in [0.2, 0.25) is 0 Å². The van der Waals surface area contributed by atoms with Gasteiger partial charge in [0.1, 0.15) is 0 Å². The van der Waals surface area contributed by atoms with Crippen molar-refractivity contribution >= 4 is 11.3 Å². The number of thiazole rings is 1. The minimum Gasteiger partial charge on any atom is -0.294 e. The molecule has 7 heteroatoms. The van der Waals surface area contributed by atoms with Crippen LogP contribution >= 0.6 is 11.3 Å². The fourth-order valence-electron chi connectivity index (χ4n) is 1.69. The summed E-state index contributed by atoms with van der Waals surface area (Å²) in [7, 11) is 0. The maximum absolute atomic E-state index is 12.3. The van der Waals surface area contributed by atoms with Crippen molar-refractivity contribution in [3.05, 3.63) is 27.5 Å². The molecule has 1 heterocycles. The number of nitrogens with zero attached hydrogens (tertiary/aromatic N) is 3. The Morgan fingerprint density at radius 3 is 2.33 bits per heavy atom. The average Bonchev–Trinajstić information content (AvgIpc) is 2.82. The molecule has 0 aliphatic heterocycles. The van der Waals surface area contributed by atoms with Crippen molar-refractivity contribution in [2.75, 3.05) is 0 Å².